The van der Waals surface area contributed by atoms with E-state index in [0.29, 0.717) is 11.5 Å². The third-order valence-electron chi connectivity index (χ3n) is 2.58. The molecule has 2 heterocycles. The van der Waals surface area contributed by atoms with Crippen LogP contribution >= 0.6 is 0 Å². The van der Waals surface area contributed by atoms with E-state index in [1.807, 2.05) is 0 Å². The lowest BCUT2D eigenvalue weighted by Gasteiger charge is -2.11. The minimum Gasteiger partial charge on any atom is -0.387 e. The second-order valence-corrected chi connectivity index (χ2v) is 5.67. The van der Waals surface area contributed by atoms with Crippen molar-refractivity contribution in [3.63, 3.8) is 0 Å². The second kappa shape index (κ2) is 4.88. The Morgan fingerprint density at radius 2 is 2.11 bits per heavy atom. The van der Waals surface area contributed by atoms with Crippen LogP contribution in [0.1, 0.15) is 5.69 Å². The monoisotopic (exact) mass is 281 g/mol. The van der Waals surface area contributed by atoms with Crippen molar-refractivity contribution in [3.8, 4) is 0 Å². The van der Waals surface area contributed by atoms with Gasteiger partial charge >= 0.3 is 0 Å². The highest BCUT2D eigenvalue weighted by Crippen LogP contribution is 2.22. The normalized spacial score (nSPS) is 11.3. The fourth-order valence-corrected chi connectivity index (χ4v) is 2.93. The highest BCUT2D eigenvalue weighted by atomic mass is 32.2. The summed E-state index contributed by atoms with van der Waals surface area (Å²) in [5.74, 6) is 0.406. The van der Waals surface area contributed by atoms with Crippen molar-refractivity contribution in [3.05, 3.63) is 30.2 Å². The number of rotatable bonds is 4. The van der Waals surface area contributed by atoms with Gasteiger partial charge in [-0.15, -0.1) is 0 Å². The predicted molar refractivity (Wildman–Crippen MR) is 72.5 cm³/mol. The Hall–Kier alpha value is -2.09. The van der Waals surface area contributed by atoms with Crippen LogP contribution < -0.4 is 10.0 Å². The fourth-order valence-electron chi connectivity index (χ4n) is 1.70. The molecule has 8 heteroatoms. The van der Waals surface area contributed by atoms with Crippen LogP contribution in [0.15, 0.2) is 29.4 Å². The number of nitrogens with zero attached hydrogens (tertiary/aromatic N) is 3. The van der Waals surface area contributed by atoms with Gasteiger partial charge in [-0.1, -0.05) is 0 Å². The fraction of sp³-hybridized carbons (Fsp3) is 0.273. The molecule has 0 amide bonds. The molecule has 0 saturated heterocycles. The summed E-state index contributed by atoms with van der Waals surface area (Å²) >= 11 is 0. The van der Waals surface area contributed by atoms with Gasteiger partial charge < -0.3 is 5.32 Å². The van der Waals surface area contributed by atoms with E-state index in [4.69, 9.17) is 0 Å². The first-order valence-corrected chi connectivity index (χ1v) is 7.07. The number of sulfonamides is 1. The van der Waals surface area contributed by atoms with Crippen molar-refractivity contribution in [2.75, 3.05) is 17.1 Å². The zero-order chi connectivity index (χ0) is 14.0. The molecule has 102 valence electrons. The molecule has 0 saturated carbocycles. The SMILES string of the molecule is CNc1ccncc1S(=O)(=O)Nc1cc(C)nn1C. The van der Waals surface area contributed by atoms with Gasteiger partial charge in [-0.3, -0.25) is 14.4 Å². The van der Waals surface area contributed by atoms with E-state index in [2.05, 4.69) is 20.1 Å². The van der Waals surface area contributed by atoms with Gasteiger partial charge in [0.2, 0.25) is 0 Å². The summed E-state index contributed by atoms with van der Waals surface area (Å²) in [7, 11) is -0.372. The van der Waals surface area contributed by atoms with Crippen LogP contribution in [0.4, 0.5) is 11.5 Å². The average Bonchev–Trinajstić information content (AvgIpc) is 2.67. The molecular weight excluding hydrogens is 266 g/mol. The number of anilines is 2. The molecule has 0 aromatic carbocycles. The first kappa shape index (κ1) is 13.3. The Morgan fingerprint density at radius 1 is 1.37 bits per heavy atom. The lowest BCUT2D eigenvalue weighted by atomic mass is 10.4. The first-order valence-electron chi connectivity index (χ1n) is 5.59. The van der Waals surface area contributed by atoms with E-state index in [1.54, 1.807) is 33.2 Å². The average molecular weight is 281 g/mol. The summed E-state index contributed by atoms with van der Waals surface area (Å²) in [5, 5.41) is 6.92. The Bertz CT molecular complexity index is 693. The van der Waals surface area contributed by atoms with E-state index < -0.39 is 10.0 Å². The highest BCUT2D eigenvalue weighted by molar-refractivity contribution is 7.92. The van der Waals surface area contributed by atoms with E-state index >= 15 is 0 Å². The number of hydrogen-bond acceptors (Lipinski definition) is 5. The van der Waals surface area contributed by atoms with Crippen LogP contribution in [-0.4, -0.2) is 30.2 Å². The molecule has 0 bridgehead atoms. The largest absolute Gasteiger partial charge is 0.387 e. The second-order valence-electron chi connectivity index (χ2n) is 4.02. The molecule has 0 aliphatic rings. The van der Waals surface area contributed by atoms with Gasteiger partial charge in [0.05, 0.1) is 11.4 Å². The predicted octanol–water partition coefficient (Wildman–Crippen LogP) is 0.966. The summed E-state index contributed by atoms with van der Waals surface area (Å²) in [6.45, 7) is 1.79. The number of pyridine rings is 1. The van der Waals surface area contributed by atoms with E-state index in [-0.39, 0.29) is 4.90 Å². The van der Waals surface area contributed by atoms with Gasteiger partial charge in [0.15, 0.2) is 0 Å². The molecule has 2 N–H and O–H groups in total. The van der Waals surface area contributed by atoms with E-state index in [9.17, 15) is 8.42 Å². The standard InChI is InChI=1S/C11H15N5O2S/c1-8-6-11(16(3)14-8)15-19(17,18)10-7-13-5-4-9(10)12-2/h4-7,15H,1-3H3,(H,12,13). The summed E-state index contributed by atoms with van der Waals surface area (Å²) in [5.41, 5.74) is 1.22. The Kier molecular flexibility index (Phi) is 3.43. The van der Waals surface area contributed by atoms with Crippen LogP contribution in [-0.2, 0) is 17.1 Å². The molecule has 0 aliphatic heterocycles. The number of nitrogens with one attached hydrogen (secondary N) is 2. The number of aromatic nitrogens is 3. The van der Waals surface area contributed by atoms with Crippen LogP contribution in [0.3, 0.4) is 0 Å². The van der Waals surface area contributed by atoms with Crippen molar-refractivity contribution < 1.29 is 8.42 Å². The first-order chi connectivity index (χ1) is 8.94. The Morgan fingerprint density at radius 3 is 2.68 bits per heavy atom. The van der Waals surface area contributed by atoms with Crippen LogP contribution in [0.5, 0.6) is 0 Å². The Balaban J connectivity index is 2.40. The van der Waals surface area contributed by atoms with Crippen molar-refractivity contribution >= 4 is 21.5 Å². The molecule has 19 heavy (non-hydrogen) atoms. The topological polar surface area (TPSA) is 88.9 Å². The third kappa shape index (κ3) is 2.68. The summed E-state index contributed by atoms with van der Waals surface area (Å²) < 4.78 is 28.6. The van der Waals surface area contributed by atoms with Gasteiger partial charge in [-0.2, -0.15) is 5.10 Å². The number of aryl methyl sites for hydroxylation is 2. The maximum Gasteiger partial charge on any atom is 0.266 e. The maximum absolute atomic E-state index is 12.3. The number of hydrogen-bond donors (Lipinski definition) is 2. The van der Waals surface area contributed by atoms with Gasteiger partial charge in [0.1, 0.15) is 10.7 Å². The molecule has 0 fully saturated rings. The molecular formula is C11H15N5O2S. The summed E-state index contributed by atoms with van der Waals surface area (Å²) in [4.78, 5) is 3.94. The van der Waals surface area contributed by atoms with Crippen LogP contribution in [0.2, 0.25) is 0 Å². The maximum atomic E-state index is 12.3. The molecule has 2 aromatic heterocycles. The lowest BCUT2D eigenvalue weighted by molar-refractivity contribution is 0.600. The van der Waals surface area contributed by atoms with Gasteiger partial charge in [0, 0.05) is 32.6 Å². The zero-order valence-corrected chi connectivity index (χ0v) is 11.7. The molecule has 7 nitrogen and oxygen atoms in total. The summed E-state index contributed by atoms with van der Waals surface area (Å²) in [6, 6.07) is 3.26. The van der Waals surface area contributed by atoms with Crippen molar-refractivity contribution in [1.82, 2.24) is 14.8 Å². The molecule has 0 radical (unpaired) electrons. The smallest absolute Gasteiger partial charge is 0.266 e. The van der Waals surface area contributed by atoms with E-state index in [0.717, 1.165) is 5.69 Å². The highest BCUT2D eigenvalue weighted by Gasteiger charge is 2.20. The lowest BCUT2D eigenvalue weighted by Crippen LogP contribution is -2.17. The molecule has 2 rings (SSSR count). The molecule has 0 spiro atoms. The molecule has 0 atom stereocenters. The van der Waals surface area contributed by atoms with Gasteiger partial charge in [-0.05, 0) is 13.0 Å². The van der Waals surface area contributed by atoms with Crippen molar-refractivity contribution in [1.29, 1.82) is 0 Å². The van der Waals surface area contributed by atoms with Gasteiger partial charge in [0.25, 0.3) is 10.0 Å². The molecule has 2 aromatic rings. The van der Waals surface area contributed by atoms with Gasteiger partial charge in [-0.25, -0.2) is 8.42 Å². The molecule has 0 aliphatic carbocycles. The minimum absolute atomic E-state index is 0.0938. The molecule has 0 unspecified atom stereocenters. The van der Waals surface area contributed by atoms with Crippen molar-refractivity contribution in [2.24, 2.45) is 7.05 Å². The Labute approximate surface area is 111 Å². The van der Waals surface area contributed by atoms with E-state index in [1.165, 1.54) is 17.1 Å². The third-order valence-corrected chi connectivity index (χ3v) is 3.97. The van der Waals surface area contributed by atoms with Crippen molar-refractivity contribution in [2.45, 2.75) is 11.8 Å². The minimum atomic E-state index is -3.70. The summed E-state index contributed by atoms with van der Waals surface area (Å²) in [6.07, 6.45) is 2.83. The van der Waals surface area contributed by atoms with Crippen LogP contribution in [0.25, 0.3) is 0 Å². The van der Waals surface area contributed by atoms with Crippen LogP contribution in [0, 0.1) is 6.92 Å². The quantitative estimate of drug-likeness (QED) is 0.871. The zero-order valence-electron chi connectivity index (χ0n) is 10.9.